The Morgan fingerprint density at radius 2 is 1.95 bits per heavy atom. The van der Waals surface area contributed by atoms with Gasteiger partial charge in [0.1, 0.15) is 5.69 Å². The lowest BCUT2D eigenvalue weighted by Gasteiger charge is -2.44. The van der Waals surface area contributed by atoms with Crippen LogP contribution in [0, 0.1) is 5.41 Å². The Morgan fingerprint density at radius 3 is 2.62 bits per heavy atom. The number of hydrogen-bond acceptors (Lipinski definition) is 4. The first kappa shape index (κ1) is 15.0. The highest BCUT2D eigenvalue weighted by Gasteiger charge is 2.37. The van der Waals surface area contributed by atoms with Crippen LogP contribution in [0.5, 0.6) is 0 Å². The highest BCUT2D eigenvalue weighted by Crippen LogP contribution is 2.44. The molecule has 1 amide bonds. The molecule has 0 radical (unpaired) electrons. The van der Waals surface area contributed by atoms with E-state index in [1.807, 2.05) is 10.3 Å². The summed E-state index contributed by atoms with van der Waals surface area (Å²) in [5.41, 5.74) is 6.70. The van der Waals surface area contributed by atoms with Crippen LogP contribution in [-0.4, -0.2) is 35.4 Å². The lowest BCUT2D eigenvalue weighted by molar-refractivity contribution is 0.0468. The van der Waals surface area contributed by atoms with Crippen LogP contribution < -0.4 is 5.73 Å². The van der Waals surface area contributed by atoms with Crippen LogP contribution in [0.15, 0.2) is 5.38 Å². The summed E-state index contributed by atoms with van der Waals surface area (Å²) in [5, 5.41) is 2.86. The summed E-state index contributed by atoms with van der Waals surface area (Å²) in [5.74, 6) is 0.111. The summed E-state index contributed by atoms with van der Waals surface area (Å²) in [4.78, 5) is 19.0. The SMILES string of the molecule is NCCc1nc(C(=O)N2CCC3(CCCCC3)CC2)cs1. The highest BCUT2D eigenvalue weighted by atomic mass is 32.1. The predicted molar refractivity (Wildman–Crippen MR) is 85.5 cm³/mol. The first-order valence-corrected chi connectivity index (χ1v) is 9.04. The maximum atomic E-state index is 12.5. The fourth-order valence-corrected chi connectivity index (χ4v) is 4.58. The first-order valence-electron chi connectivity index (χ1n) is 8.16. The highest BCUT2D eigenvalue weighted by molar-refractivity contribution is 7.09. The van der Waals surface area contributed by atoms with Crippen LogP contribution in [0.25, 0.3) is 0 Å². The molecule has 2 fully saturated rings. The number of hydrogen-bond donors (Lipinski definition) is 1. The van der Waals surface area contributed by atoms with Crippen molar-refractivity contribution in [3.63, 3.8) is 0 Å². The molecule has 3 rings (SSSR count). The van der Waals surface area contributed by atoms with Gasteiger partial charge in [-0.3, -0.25) is 4.79 Å². The van der Waals surface area contributed by atoms with Gasteiger partial charge in [0, 0.05) is 24.9 Å². The van der Waals surface area contributed by atoms with E-state index in [0.29, 0.717) is 17.7 Å². The number of carbonyl (C=O) groups is 1. The third-order valence-electron chi connectivity index (χ3n) is 5.15. The van der Waals surface area contributed by atoms with Gasteiger partial charge < -0.3 is 10.6 Å². The van der Waals surface area contributed by atoms with Gasteiger partial charge in [-0.15, -0.1) is 11.3 Å². The lowest BCUT2D eigenvalue weighted by Crippen LogP contribution is -2.44. The van der Waals surface area contributed by atoms with Gasteiger partial charge in [0.05, 0.1) is 5.01 Å². The van der Waals surface area contributed by atoms with Crippen molar-refractivity contribution in [1.29, 1.82) is 0 Å². The third-order valence-corrected chi connectivity index (χ3v) is 6.06. The summed E-state index contributed by atoms with van der Waals surface area (Å²) < 4.78 is 0. The number of nitrogens with two attached hydrogens (primary N) is 1. The Hall–Kier alpha value is -0.940. The smallest absolute Gasteiger partial charge is 0.273 e. The van der Waals surface area contributed by atoms with Crippen LogP contribution in [-0.2, 0) is 6.42 Å². The van der Waals surface area contributed by atoms with Crippen molar-refractivity contribution in [1.82, 2.24) is 9.88 Å². The van der Waals surface area contributed by atoms with Crippen molar-refractivity contribution in [2.75, 3.05) is 19.6 Å². The molecule has 1 aliphatic carbocycles. The number of piperidine rings is 1. The van der Waals surface area contributed by atoms with Crippen molar-refractivity contribution >= 4 is 17.2 Å². The number of amides is 1. The van der Waals surface area contributed by atoms with Gasteiger partial charge >= 0.3 is 0 Å². The largest absolute Gasteiger partial charge is 0.337 e. The first-order chi connectivity index (χ1) is 10.2. The Balaban J connectivity index is 1.59. The standard InChI is InChI=1S/C16H25N3OS/c17-9-4-14-18-13(12-21-14)15(20)19-10-7-16(8-11-19)5-2-1-3-6-16/h12H,1-11,17H2. The molecule has 4 nitrogen and oxygen atoms in total. The van der Waals surface area contributed by atoms with E-state index in [1.165, 1.54) is 44.9 Å². The van der Waals surface area contributed by atoms with Crippen molar-refractivity contribution < 1.29 is 4.79 Å². The number of aromatic nitrogens is 1. The zero-order valence-corrected chi connectivity index (χ0v) is 13.5. The fraction of sp³-hybridized carbons (Fsp3) is 0.750. The summed E-state index contributed by atoms with van der Waals surface area (Å²) in [7, 11) is 0. The summed E-state index contributed by atoms with van der Waals surface area (Å²) >= 11 is 1.55. The fourth-order valence-electron chi connectivity index (χ4n) is 3.80. The molecule has 0 unspecified atom stereocenters. The molecule has 2 aliphatic rings. The van der Waals surface area contributed by atoms with Crippen molar-refractivity contribution in [3.8, 4) is 0 Å². The van der Waals surface area contributed by atoms with Gasteiger partial charge in [0.15, 0.2) is 0 Å². The average molecular weight is 307 g/mol. The van der Waals surface area contributed by atoms with E-state index in [-0.39, 0.29) is 5.91 Å². The molecule has 0 atom stereocenters. The molecule has 2 heterocycles. The Labute approximate surface area is 130 Å². The molecule has 1 saturated heterocycles. The van der Waals surface area contributed by atoms with Gasteiger partial charge in [-0.05, 0) is 37.6 Å². The van der Waals surface area contributed by atoms with Crippen LogP contribution >= 0.6 is 11.3 Å². The summed E-state index contributed by atoms with van der Waals surface area (Å²) in [6.07, 6.45) is 10.0. The molecular formula is C16H25N3OS. The molecule has 0 bridgehead atoms. The maximum absolute atomic E-state index is 12.5. The van der Waals surface area contributed by atoms with Crippen LogP contribution in [0.2, 0.25) is 0 Å². The van der Waals surface area contributed by atoms with Gasteiger partial charge in [-0.2, -0.15) is 0 Å². The molecule has 0 aromatic carbocycles. The van der Waals surface area contributed by atoms with Crippen LogP contribution in [0.4, 0.5) is 0 Å². The van der Waals surface area contributed by atoms with E-state index >= 15 is 0 Å². The minimum absolute atomic E-state index is 0.111. The number of rotatable bonds is 3. The maximum Gasteiger partial charge on any atom is 0.273 e. The van der Waals surface area contributed by atoms with Crippen LogP contribution in [0.1, 0.15) is 60.4 Å². The van der Waals surface area contributed by atoms with Crippen molar-refractivity contribution in [2.45, 2.75) is 51.4 Å². The topological polar surface area (TPSA) is 59.2 Å². The number of nitrogens with zero attached hydrogens (tertiary/aromatic N) is 2. The minimum atomic E-state index is 0.111. The molecule has 1 aromatic rings. The second kappa shape index (κ2) is 6.44. The van der Waals surface area contributed by atoms with E-state index in [1.54, 1.807) is 11.3 Å². The zero-order valence-electron chi connectivity index (χ0n) is 12.6. The zero-order chi connectivity index (χ0) is 14.7. The van der Waals surface area contributed by atoms with Gasteiger partial charge in [-0.25, -0.2) is 4.98 Å². The molecule has 1 aromatic heterocycles. The van der Waals surface area contributed by atoms with Gasteiger partial charge in [0.2, 0.25) is 0 Å². The average Bonchev–Trinajstić information content (AvgIpc) is 2.97. The molecule has 2 N–H and O–H groups in total. The van der Waals surface area contributed by atoms with E-state index in [2.05, 4.69) is 4.98 Å². The van der Waals surface area contributed by atoms with Crippen LogP contribution in [0.3, 0.4) is 0 Å². The minimum Gasteiger partial charge on any atom is -0.337 e. The molecule has 116 valence electrons. The monoisotopic (exact) mass is 307 g/mol. The molecule has 1 saturated carbocycles. The molecule has 1 aliphatic heterocycles. The Kier molecular flexibility index (Phi) is 4.60. The van der Waals surface area contributed by atoms with Crippen molar-refractivity contribution in [2.24, 2.45) is 11.1 Å². The van der Waals surface area contributed by atoms with Gasteiger partial charge in [-0.1, -0.05) is 19.3 Å². The molecule has 5 heteroatoms. The normalized spacial score (nSPS) is 21.7. The second-order valence-corrected chi connectivity index (χ2v) is 7.46. The third kappa shape index (κ3) is 3.29. The van der Waals surface area contributed by atoms with E-state index in [4.69, 9.17) is 5.73 Å². The van der Waals surface area contributed by atoms with E-state index in [0.717, 1.165) is 24.5 Å². The van der Waals surface area contributed by atoms with E-state index < -0.39 is 0 Å². The predicted octanol–water partition coefficient (Wildman–Crippen LogP) is 2.83. The van der Waals surface area contributed by atoms with Crippen molar-refractivity contribution in [3.05, 3.63) is 16.1 Å². The molecule has 21 heavy (non-hydrogen) atoms. The quantitative estimate of drug-likeness (QED) is 0.934. The number of likely N-dealkylation sites (tertiary alicyclic amines) is 1. The van der Waals surface area contributed by atoms with Gasteiger partial charge in [0.25, 0.3) is 5.91 Å². The van der Waals surface area contributed by atoms with E-state index in [9.17, 15) is 4.79 Å². The second-order valence-electron chi connectivity index (χ2n) is 6.52. The summed E-state index contributed by atoms with van der Waals surface area (Å²) in [6, 6.07) is 0. The molecular weight excluding hydrogens is 282 g/mol. The lowest BCUT2D eigenvalue weighted by atomic mass is 9.68. The summed E-state index contributed by atoms with van der Waals surface area (Å²) in [6.45, 7) is 2.40. The molecule has 1 spiro atoms. The number of thiazole rings is 1. The Morgan fingerprint density at radius 1 is 1.24 bits per heavy atom. The number of carbonyl (C=O) groups excluding carboxylic acids is 1. The Bertz CT molecular complexity index is 483.